The number of aromatic nitrogens is 1. The fourth-order valence-corrected chi connectivity index (χ4v) is 2.83. The number of rotatable bonds is 6. The topological polar surface area (TPSA) is 77.5 Å². The second-order valence-corrected chi connectivity index (χ2v) is 6.60. The zero-order valence-electron chi connectivity index (χ0n) is 15.5. The average Bonchev–Trinajstić information content (AvgIpc) is 2.70. The molecule has 0 radical (unpaired) electrons. The number of fused-ring (bicyclic) bond motifs is 1. The maximum atomic E-state index is 12.4. The molecule has 1 heterocycles. The lowest BCUT2D eigenvalue weighted by Gasteiger charge is -2.09. The molecule has 144 valence electrons. The number of carbonyl (C=O) groups is 2. The van der Waals surface area contributed by atoms with Crippen LogP contribution >= 0.6 is 11.6 Å². The molecule has 0 spiro atoms. The molecule has 0 saturated heterocycles. The molecule has 0 aliphatic carbocycles. The predicted octanol–water partition coefficient (Wildman–Crippen LogP) is 3.68. The van der Waals surface area contributed by atoms with Crippen molar-refractivity contribution in [1.82, 2.24) is 10.3 Å². The summed E-state index contributed by atoms with van der Waals surface area (Å²) in [5.41, 5.74) is 2.47. The maximum Gasteiger partial charge on any atom is 0.340 e. The van der Waals surface area contributed by atoms with E-state index >= 15 is 0 Å². The number of amides is 1. The first-order valence-electron chi connectivity index (χ1n) is 8.60. The van der Waals surface area contributed by atoms with Gasteiger partial charge in [0.1, 0.15) is 5.75 Å². The van der Waals surface area contributed by atoms with Crippen LogP contribution < -0.4 is 10.1 Å². The SMILES string of the molecule is COc1ccc(CNC(=O)COC(=O)c2cc3cc(Cl)ccc3nc2C)cc1. The highest BCUT2D eigenvalue weighted by Gasteiger charge is 2.15. The predicted molar refractivity (Wildman–Crippen MR) is 107 cm³/mol. The number of benzene rings is 2. The second-order valence-electron chi connectivity index (χ2n) is 6.16. The van der Waals surface area contributed by atoms with Crippen LogP contribution in [-0.4, -0.2) is 30.6 Å². The van der Waals surface area contributed by atoms with E-state index in [1.807, 2.05) is 24.3 Å². The van der Waals surface area contributed by atoms with Crippen LogP contribution in [0.15, 0.2) is 48.5 Å². The van der Waals surface area contributed by atoms with E-state index < -0.39 is 11.9 Å². The minimum absolute atomic E-state index is 0.303. The smallest absolute Gasteiger partial charge is 0.340 e. The summed E-state index contributed by atoms with van der Waals surface area (Å²) in [4.78, 5) is 28.7. The summed E-state index contributed by atoms with van der Waals surface area (Å²) in [6.07, 6.45) is 0. The van der Waals surface area contributed by atoms with Gasteiger partial charge in [-0.3, -0.25) is 9.78 Å². The van der Waals surface area contributed by atoms with Crippen molar-refractivity contribution in [3.05, 3.63) is 70.4 Å². The van der Waals surface area contributed by atoms with Crippen molar-refractivity contribution in [2.45, 2.75) is 13.5 Å². The van der Waals surface area contributed by atoms with Crippen molar-refractivity contribution in [2.75, 3.05) is 13.7 Å². The summed E-state index contributed by atoms with van der Waals surface area (Å²) < 4.78 is 10.2. The number of hydrogen-bond donors (Lipinski definition) is 1. The maximum absolute atomic E-state index is 12.4. The van der Waals surface area contributed by atoms with Crippen LogP contribution in [0.5, 0.6) is 5.75 Å². The number of carbonyl (C=O) groups excluding carboxylic acids is 2. The lowest BCUT2D eigenvalue weighted by molar-refractivity contribution is -0.124. The lowest BCUT2D eigenvalue weighted by atomic mass is 10.1. The third-order valence-corrected chi connectivity index (χ3v) is 4.41. The summed E-state index contributed by atoms with van der Waals surface area (Å²) in [5.74, 6) is -0.255. The summed E-state index contributed by atoms with van der Waals surface area (Å²) >= 11 is 5.99. The van der Waals surface area contributed by atoms with Gasteiger partial charge in [0.05, 0.1) is 23.9 Å². The van der Waals surface area contributed by atoms with E-state index in [2.05, 4.69) is 10.3 Å². The molecule has 28 heavy (non-hydrogen) atoms. The fraction of sp³-hybridized carbons (Fsp3) is 0.190. The Balaban J connectivity index is 1.57. The molecule has 2 aromatic carbocycles. The Morgan fingerprint density at radius 1 is 1.11 bits per heavy atom. The fourth-order valence-electron chi connectivity index (χ4n) is 2.65. The van der Waals surface area contributed by atoms with E-state index in [4.69, 9.17) is 21.1 Å². The minimum Gasteiger partial charge on any atom is -0.497 e. The summed E-state index contributed by atoms with van der Waals surface area (Å²) in [6.45, 7) is 1.67. The zero-order valence-corrected chi connectivity index (χ0v) is 16.2. The van der Waals surface area contributed by atoms with Crippen LogP contribution in [0.1, 0.15) is 21.6 Å². The van der Waals surface area contributed by atoms with Gasteiger partial charge in [-0.15, -0.1) is 0 Å². The molecule has 3 aromatic rings. The Bertz CT molecular complexity index is 1020. The molecule has 0 aliphatic heterocycles. The first-order valence-corrected chi connectivity index (χ1v) is 8.97. The molecule has 0 bridgehead atoms. The van der Waals surface area contributed by atoms with Crippen LogP contribution in [0.4, 0.5) is 0 Å². The molecular formula is C21H19ClN2O4. The number of pyridine rings is 1. The molecule has 0 saturated carbocycles. The first-order chi connectivity index (χ1) is 13.5. The molecule has 6 nitrogen and oxygen atoms in total. The van der Waals surface area contributed by atoms with Gasteiger partial charge in [-0.25, -0.2) is 4.79 Å². The van der Waals surface area contributed by atoms with E-state index in [0.717, 1.165) is 22.2 Å². The molecule has 0 unspecified atom stereocenters. The van der Waals surface area contributed by atoms with Crippen LogP contribution in [0.3, 0.4) is 0 Å². The molecule has 7 heteroatoms. The highest BCUT2D eigenvalue weighted by molar-refractivity contribution is 6.31. The number of nitrogens with one attached hydrogen (secondary N) is 1. The lowest BCUT2D eigenvalue weighted by Crippen LogP contribution is -2.28. The highest BCUT2D eigenvalue weighted by Crippen LogP contribution is 2.21. The van der Waals surface area contributed by atoms with Crippen molar-refractivity contribution in [1.29, 1.82) is 0 Å². The molecule has 0 aliphatic rings. The van der Waals surface area contributed by atoms with Gasteiger partial charge in [-0.2, -0.15) is 0 Å². The van der Waals surface area contributed by atoms with Gasteiger partial charge in [0.2, 0.25) is 0 Å². The Hall–Kier alpha value is -3.12. The molecule has 1 aromatic heterocycles. The Morgan fingerprint density at radius 2 is 1.86 bits per heavy atom. The minimum atomic E-state index is -0.605. The number of nitrogens with zero attached hydrogens (tertiary/aromatic N) is 1. The van der Waals surface area contributed by atoms with Crippen LogP contribution in [-0.2, 0) is 16.1 Å². The third-order valence-electron chi connectivity index (χ3n) is 4.17. The number of hydrogen-bond acceptors (Lipinski definition) is 5. The number of methoxy groups -OCH3 is 1. The van der Waals surface area contributed by atoms with Crippen LogP contribution in [0.25, 0.3) is 10.9 Å². The Labute approximate surface area is 167 Å². The van der Waals surface area contributed by atoms with Gasteiger partial charge in [-0.05, 0) is 48.9 Å². The molecule has 1 amide bonds. The second kappa shape index (κ2) is 8.71. The standard InChI is InChI=1S/C21H19ClN2O4/c1-13-18(10-15-9-16(22)5-8-19(15)24-13)21(26)28-12-20(25)23-11-14-3-6-17(27-2)7-4-14/h3-10H,11-12H2,1-2H3,(H,23,25). The van der Waals surface area contributed by atoms with Crippen molar-refractivity contribution in [2.24, 2.45) is 0 Å². The van der Waals surface area contributed by atoms with E-state index in [-0.39, 0.29) is 6.61 Å². The normalized spacial score (nSPS) is 10.5. The highest BCUT2D eigenvalue weighted by atomic mass is 35.5. The number of aryl methyl sites for hydroxylation is 1. The summed E-state index contributed by atoms with van der Waals surface area (Å²) in [7, 11) is 1.59. The summed E-state index contributed by atoms with van der Waals surface area (Å²) in [6, 6.07) is 14.2. The van der Waals surface area contributed by atoms with E-state index in [1.165, 1.54) is 0 Å². The monoisotopic (exact) mass is 398 g/mol. The van der Waals surface area contributed by atoms with E-state index in [9.17, 15) is 9.59 Å². The third kappa shape index (κ3) is 4.78. The largest absolute Gasteiger partial charge is 0.497 e. The molecule has 1 N–H and O–H groups in total. The van der Waals surface area contributed by atoms with Gasteiger partial charge >= 0.3 is 5.97 Å². The van der Waals surface area contributed by atoms with Crippen LogP contribution in [0, 0.1) is 6.92 Å². The molecule has 3 rings (SSSR count). The van der Waals surface area contributed by atoms with Crippen molar-refractivity contribution < 1.29 is 19.1 Å². The Morgan fingerprint density at radius 3 is 2.57 bits per heavy atom. The Kier molecular flexibility index (Phi) is 6.11. The quantitative estimate of drug-likeness (QED) is 0.641. The number of esters is 1. The van der Waals surface area contributed by atoms with Gasteiger partial charge < -0.3 is 14.8 Å². The van der Waals surface area contributed by atoms with E-state index in [0.29, 0.717) is 22.8 Å². The molecule has 0 fully saturated rings. The summed E-state index contributed by atoms with van der Waals surface area (Å²) in [5, 5.41) is 3.99. The number of ether oxygens (including phenoxy) is 2. The van der Waals surface area contributed by atoms with Crippen molar-refractivity contribution in [3.63, 3.8) is 0 Å². The molecule has 0 atom stereocenters. The van der Waals surface area contributed by atoms with Gasteiger partial charge in [0.25, 0.3) is 5.91 Å². The first kappa shape index (κ1) is 19.6. The van der Waals surface area contributed by atoms with Gasteiger partial charge in [0.15, 0.2) is 6.61 Å². The zero-order chi connectivity index (χ0) is 20.1. The van der Waals surface area contributed by atoms with Crippen LogP contribution in [0.2, 0.25) is 5.02 Å². The van der Waals surface area contributed by atoms with Gasteiger partial charge in [-0.1, -0.05) is 23.7 Å². The number of halogens is 1. The van der Waals surface area contributed by atoms with Crippen molar-refractivity contribution in [3.8, 4) is 5.75 Å². The van der Waals surface area contributed by atoms with E-state index in [1.54, 1.807) is 38.3 Å². The molecular weight excluding hydrogens is 380 g/mol. The van der Waals surface area contributed by atoms with Gasteiger partial charge in [0, 0.05) is 17.0 Å². The van der Waals surface area contributed by atoms with Crippen molar-refractivity contribution >= 4 is 34.4 Å². The average molecular weight is 399 g/mol.